The van der Waals surface area contributed by atoms with Crippen molar-refractivity contribution in [2.75, 3.05) is 0 Å². The van der Waals surface area contributed by atoms with Crippen LogP contribution >= 0.6 is 0 Å². The maximum absolute atomic E-state index is 10.8. The van der Waals surface area contributed by atoms with Crippen molar-refractivity contribution in [3.63, 3.8) is 0 Å². The Morgan fingerprint density at radius 2 is 1.78 bits per heavy atom. The highest BCUT2D eigenvalue weighted by Crippen LogP contribution is 2.65. The summed E-state index contributed by atoms with van der Waals surface area (Å²) in [5.74, 6) is -0.0106. The van der Waals surface area contributed by atoms with E-state index < -0.39 is 23.2 Å². The normalized spacial score (nSPS) is 52.9. The van der Waals surface area contributed by atoms with Crippen molar-refractivity contribution in [2.24, 2.45) is 16.7 Å². The molecule has 0 heterocycles. The summed E-state index contributed by atoms with van der Waals surface area (Å²) in [6.07, 6.45) is 3.20. The van der Waals surface area contributed by atoms with Gasteiger partial charge in [0.05, 0.1) is 17.8 Å². The SMILES string of the molecule is C[C@@H]1[C@@H](O)C[C@]2(O)C=C3C(=CC(C)(C)[C@@H]3O)[C@]12C. The molecule has 3 N–H and O–H groups in total. The molecule has 0 aromatic carbocycles. The predicted molar refractivity (Wildman–Crippen MR) is 68.8 cm³/mol. The van der Waals surface area contributed by atoms with Gasteiger partial charge in [0, 0.05) is 17.3 Å². The van der Waals surface area contributed by atoms with E-state index in [-0.39, 0.29) is 11.3 Å². The highest BCUT2D eigenvalue weighted by molar-refractivity contribution is 5.57. The maximum Gasteiger partial charge on any atom is 0.0956 e. The number of aliphatic hydroxyl groups excluding tert-OH is 2. The molecule has 0 bridgehead atoms. The number of rotatable bonds is 0. The third-order valence-electron chi connectivity index (χ3n) is 5.69. The monoisotopic (exact) mass is 250 g/mol. The van der Waals surface area contributed by atoms with E-state index in [9.17, 15) is 15.3 Å². The first-order chi connectivity index (χ1) is 8.13. The minimum Gasteiger partial charge on any atom is -0.393 e. The zero-order chi connectivity index (χ0) is 13.5. The molecule has 1 saturated carbocycles. The standard InChI is InChI=1S/C15H22O3/c1-8-11(16)7-15(18)5-9-10(14(8,15)4)6-13(2,3)12(9)17/h5-6,8,11-12,16-18H,7H2,1-4H3/t8-,11+,12-,14+,15-/m1/s1. The summed E-state index contributed by atoms with van der Waals surface area (Å²) in [7, 11) is 0. The summed E-state index contributed by atoms with van der Waals surface area (Å²) in [6.45, 7) is 8.00. The zero-order valence-electron chi connectivity index (χ0n) is 11.4. The summed E-state index contributed by atoms with van der Waals surface area (Å²) in [5.41, 5.74) is 0.120. The molecule has 100 valence electrons. The Bertz CT molecular complexity index is 476. The van der Waals surface area contributed by atoms with Crippen LogP contribution < -0.4 is 0 Å². The Kier molecular flexibility index (Phi) is 2.13. The van der Waals surface area contributed by atoms with Gasteiger partial charge in [-0.15, -0.1) is 0 Å². The lowest BCUT2D eigenvalue weighted by molar-refractivity contribution is 0.00817. The second-order valence-electron chi connectivity index (χ2n) is 7.07. The van der Waals surface area contributed by atoms with Gasteiger partial charge in [-0.1, -0.05) is 33.8 Å². The summed E-state index contributed by atoms with van der Waals surface area (Å²) >= 11 is 0. The number of hydrogen-bond donors (Lipinski definition) is 3. The van der Waals surface area contributed by atoms with Crippen LogP contribution in [0.4, 0.5) is 0 Å². The highest BCUT2D eigenvalue weighted by atomic mass is 16.3. The van der Waals surface area contributed by atoms with Crippen LogP contribution in [0.25, 0.3) is 0 Å². The number of fused-ring (bicyclic) bond motifs is 3. The van der Waals surface area contributed by atoms with Gasteiger partial charge in [-0.25, -0.2) is 0 Å². The molecule has 1 fully saturated rings. The number of hydrogen-bond acceptors (Lipinski definition) is 3. The maximum atomic E-state index is 10.8. The molecule has 3 nitrogen and oxygen atoms in total. The lowest BCUT2D eigenvalue weighted by atomic mass is 9.69. The van der Waals surface area contributed by atoms with Gasteiger partial charge in [0.2, 0.25) is 0 Å². The molecule has 0 aliphatic heterocycles. The Morgan fingerprint density at radius 1 is 1.17 bits per heavy atom. The third-order valence-corrected chi connectivity index (χ3v) is 5.69. The van der Waals surface area contributed by atoms with Crippen molar-refractivity contribution in [3.8, 4) is 0 Å². The van der Waals surface area contributed by atoms with Crippen LogP contribution in [0.1, 0.15) is 34.1 Å². The van der Waals surface area contributed by atoms with Crippen LogP contribution in [-0.4, -0.2) is 33.1 Å². The van der Waals surface area contributed by atoms with E-state index >= 15 is 0 Å². The first-order valence-electron chi connectivity index (χ1n) is 6.68. The molecule has 0 radical (unpaired) electrons. The van der Waals surface area contributed by atoms with Crippen molar-refractivity contribution in [1.29, 1.82) is 0 Å². The second kappa shape index (κ2) is 3.09. The highest BCUT2D eigenvalue weighted by Gasteiger charge is 2.65. The molecule has 0 saturated heterocycles. The minimum atomic E-state index is -1.01. The molecule has 0 spiro atoms. The van der Waals surface area contributed by atoms with E-state index in [1.165, 1.54) is 0 Å². The summed E-state index contributed by atoms with van der Waals surface area (Å²) in [5, 5.41) is 31.3. The van der Waals surface area contributed by atoms with Crippen LogP contribution in [0.3, 0.4) is 0 Å². The van der Waals surface area contributed by atoms with E-state index in [0.717, 1.165) is 11.1 Å². The van der Waals surface area contributed by atoms with Crippen molar-refractivity contribution < 1.29 is 15.3 Å². The largest absolute Gasteiger partial charge is 0.393 e. The summed E-state index contributed by atoms with van der Waals surface area (Å²) in [6, 6.07) is 0. The van der Waals surface area contributed by atoms with Crippen LogP contribution in [0.5, 0.6) is 0 Å². The topological polar surface area (TPSA) is 60.7 Å². The van der Waals surface area contributed by atoms with Gasteiger partial charge in [0.25, 0.3) is 0 Å². The molecule has 0 aromatic rings. The lowest BCUT2D eigenvalue weighted by Crippen LogP contribution is -2.40. The van der Waals surface area contributed by atoms with Gasteiger partial charge < -0.3 is 15.3 Å². The predicted octanol–water partition coefficient (Wildman–Crippen LogP) is 1.39. The van der Waals surface area contributed by atoms with Crippen LogP contribution in [-0.2, 0) is 0 Å². The minimum absolute atomic E-state index is 0.0106. The third kappa shape index (κ3) is 1.11. The fourth-order valence-electron chi connectivity index (χ4n) is 4.12. The van der Waals surface area contributed by atoms with Crippen LogP contribution in [0.15, 0.2) is 23.3 Å². The van der Waals surface area contributed by atoms with Crippen LogP contribution in [0.2, 0.25) is 0 Å². The molecule has 5 atom stereocenters. The van der Waals surface area contributed by atoms with E-state index in [0.29, 0.717) is 6.42 Å². The van der Waals surface area contributed by atoms with Gasteiger partial charge in [0.1, 0.15) is 0 Å². The molecule has 3 aliphatic rings. The second-order valence-corrected chi connectivity index (χ2v) is 7.07. The van der Waals surface area contributed by atoms with Gasteiger partial charge in [0.15, 0.2) is 0 Å². The molecule has 0 aromatic heterocycles. The summed E-state index contributed by atoms with van der Waals surface area (Å²) in [4.78, 5) is 0. The van der Waals surface area contributed by atoms with Crippen molar-refractivity contribution in [1.82, 2.24) is 0 Å². The van der Waals surface area contributed by atoms with Crippen LogP contribution in [0, 0.1) is 16.7 Å². The van der Waals surface area contributed by atoms with Crippen molar-refractivity contribution in [3.05, 3.63) is 23.3 Å². The van der Waals surface area contributed by atoms with E-state index in [2.05, 4.69) is 6.08 Å². The Balaban J connectivity index is 2.18. The molecule has 3 aliphatic carbocycles. The molecule has 3 rings (SSSR count). The van der Waals surface area contributed by atoms with Gasteiger partial charge >= 0.3 is 0 Å². The van der Waals surface area contributed by atoms with E-state index in [1.54, 1.807) is 6.08 Å². The number of aliphatic hydroxyl groups is 3. The molecular formula is C15H22O3. The molecule has 3 heteroatoms. The quantitative estimate of drug-likeness (QED) is 0.609. The molecule has 18 heavy (non-hydrogen) atoms. The van der Waals surface area contributed by atoms with Gasteiger partial charge in [-0.3, -0.25) is 0 Å². The van der Waals surface area contributed by atoms with Crippen molar-refractivity contribution >= 4 is 0 Å². The smallest absolute Gasteiger partial charge is 0.0956 e. The molecule has 0 amide bonds. The average molecular weight is 250 g/mol. The van der Waals surface area contributed by atoms with Crippen molar-refractivity contribution in [2.45, 2.75) is 51.9 Å². The molecular weight excluding hydrogens is 228 g/mol. The van der Waals surface area contributed by atoms with E-state index in [4.69, 9.17) is 0 Å². The van der Waals surface area contributed by atoms with Gasteiger partial charge in [-0.2, -0.15) is 0 Å². The zero-order valence-corrected chi connectivity index (χ0v) is 11.4. The Labute approximate surface area is 108 Å². The fourth-order valence-corrected chi connectivity index (χ4v) is 4.12. The first kappa shape index (κ1) is 12.4. The Hall–Kier alpha value is -0.640. The lowest BCUT2D eigenvalue weighted by Gasteiger charge is -2.37. The fraction of sp³-hybridized carbons (Fsp3) is 0.733. The van der Waals surface area contributed by atoms with Gasteiger partial charge in [-0.05, 0) is 23.1 Å². The first-order valence-corrected chi connectivity index (χ1v) is 6.68. The summed E-state index contributed by atoms with van der Waals surface area (Å²) < 4.78 is 0. The Morgan fingerprint density at radius 3 is 2.39 bits per heavy atom. The molecule has 0 unspecified atom stereocenters. The average Bonchev–Trinajstić information content (AvgIpc) is 2.67. The van der Waals surface area contributed by atoms with E-state index in [1.807, 2.05) is 27.7 Å².